The van der Waals surface area contributed by atoms with E-state index in [2.05, 4.69) is 55.3 Å². The highest BCUT2D eigenvalue weighted by Crippen LogP contribution is 2.34. The Bertz CT molecular complexity index is 998. The molecule has 2 aliphatic rings. The van der Waals surface area contributed by atoms with E-state index in [1.165, 1.54) is 5.56 Å². The van der Waals surface area contributed by atoms with Crippen LogP contribution in [-0.2, 0) is 22.7 Å². The molecule has 1 unspecified atom stereocenters. The van der Waals surface area contributed by atoms with E-state index < -0.39 is 5.54 Å². The van der Waals surface area contributed by atoms with Crippen LogP contribution in [0.2, 0.25) is 0 Å². The van der Waals surface area contributed by atoms with Crippen LogP contribution in [0, 0.1) is 5.92 Å². The van der Waals surface area contributed by atoms with Gasteiger partial charge >= 0.3 is 0 Å². The predicted octanol–water partition coefficient (Wildman–Crippen LogP) is 4.77. The fraction of sp³-hybridized carbons (Fsp3) is 0.533. The Kier molecular flexibility index (Phi) is 8.68. The van der Waals surface area contributed by atoms with Gasteiger partial charge in [0.15, 0.2) is 0 Å². The average molecular weight is 492 g/mol. The van der Waals surface area contributed by atoms with Gasteiger partial charge < -0.3 is 15.0 Å². The number of piperazine rings is 1. The normalized spacial score (nSPS) is 20.1. The van der Waals surface area contributed by atoms with Crippen LogP contribution in [0.5, 0.6) is 5.75 Å². The van der Waals surface area contributed by atoms with Crippen molar-refractivity contribution in [1.29, 1.82) is 0 Å². The standard InChI is InChI=1S/C30H41N3O3/c1-4-5-17-33-28(34)27(20-23(2)3)31-29(35)30(33)15-18-32(19-16-30)21-24-11-13-26(14-12-24)36-22-25-9-7-6-8-10-25/h6-14,23,27H,4-5,15-22H2,1-3H3,(H,31,35). The summed E-state index contributed by atoms with van der Waals surface area (Å²) in [6.45, 7) is 9.97. The first kappa shape index (κ1) is 26.2. The predicted molar refractivity (Wildman–Crippen MR) is 142 cm³/mol. The second-order valence-corrected chi connectivity index (χ2v) is 10.7. The number of amides is 2. The van der Waals surface area contributed by atoms with Crippen LogP contribution in [-0.4, -0.2) is 52.8 Å². The van der Waals surface area contributed by atoms with E-state index in [-0.39, 0.29) is 17.9 Å². The zero-order valence-electron chi connectivity index (χ0n) is 22.0. The van der Waals surface area contributed by atoms with E-state index in [0.29, 0.717) is 38.3 Å². The molecular formula is C30H41N3O3. The molecule has 0 saturated carbocycles. The molecule has 2 saturated heterocycles. The van der Waals surface area contributed by atoms with Crippen LogP contribution in [0.1, 0.15) is 64.0 Å². The first-order valence-corrected chi connectivity index (χ1v) is 13.5. The topological polar surface area (TPSA) is 61.9 Å². The minimum absolute atomic E-state index is 0.0448. The summed E-state index contributed by atoms with van der Waals surface area (Å²) < 4.78 is 5.92. The second-order valence-electron chi connectivity index (χ2n) is 10.7. The van der Waals surface area contributed by atoms with Gasteiger partial charge in [0.2, 0.25) is 11.8 Å². The third-order valence-electron chi connectivity index (χ3n) is 7.51. The number of benzene rings is 2. The maximum atomic E-state index is 13.4. The van der Waals surface area contributed by atoms with Crippen LogP contribution in [0.3, 0.4) is 0 Å². The molecule has 2 aromatic carbocycles. The molecule has 1 atom stereocenters. The molecule has 1 spiro atoms. The summed E-state index contributed by atoms with van der Waals surface area (Å²) >= 11 is 0. The average Bonchev–Trinajstić information content (AvgIpc) is 2.88. The number of hydrogen-bond acceptors (Lipinski definition) is 4. The van der Waals surface area contributed by atoms with Crippen molar-refractivity contribution in [2.75, 3.05) is 19.6 Å². The molecule has 194 valence electrons. The quantitative estimate of drug-likeness (QED) is 0.520. The second kappa shape index (κ2) is 11.9. The summed E-state index contributed by atoms with van der Waals surface area (Å²) in [5.74, 6) is 1.37. The van der Waals surface area contributed by atoms with Gasteiger partial charge in [0.05, 0.1) is 0 Å². The Hall–Kier alpha value is -2.86. The van der Waals surface area contributed by atoms with Crippen molar-refractivity contribution in [3.8, 4) is 5.75 Å². The van der Waals surface area contributed by atoms with Crippen molar-refractivity contribution in [1.82, 2.24) is 15.1 Å². The number of carbonyl (C=O) groups is 2. The number of likely N-dealkylation sites (tertiary alicyclic amines) is 1. The summed E-state index contributed by atoms with van der Waals surface area (Å²) in [6.07, 6.45) is 3.99. The van der Waals surface area contributed by atoms with Gasteiger partial charge in [0.25, 0.3) is 0 Å². The molecule has 2 fully saturated rings. The number of ether oxygens (including phenoxy) is 1. The molecule has 2 heterocycles. The smallest absolute Gasteiger partial charge is 0.246 e. The van der Waals surface area contributed by atoms with E-state index >= 15 is 0 Å². The fourth-order valence-corrected chi connectivity index (χ4v) is 5.42. The number of unbranched alkanes of at least 4 members (excludes halogenated alkanes) is 1. The third-order valence-corrected chi connectivity index (χ3v) is 7.51. The SMILES string of the molecule is CCCCN1C(=O)C(CC(C)C)NC(=O)C12CCN(Cc1ccc(OCc3ccccc3)cc1)CC2. The lowest BCUT2D eigenvalue weighted by Crippen LogP contribution is -2.73. The molecule has 6 nitrogen and oxygen atoms in total. The molecule has 0 bridgehead atoms. The number of rotatable bonds is 10. The number of piperidine rings is 1. The molecule has 2 amide bonds. The van der Waals surface area contributed by atoms with Crippen LogP contribution < -0.4 is 10.1 Å². The Morgan fingerprint density at radius 1 is 1.00 bits per heavy atom. The van der Waals surface area contributed by atoms with Gasteiger partial charge in [-0.15, -0.1) is 0 Å². The lowest BCUT2D eigenvalue weighted by atomic mass is 9.80. The van der Waals surface area contributed by atoms with Crippen molar-refractivity contribution in [2.24, 2.45) is 5.92 Å². The van der Waals surface area contributed by atoms with Gasteiger partial charge in [-0.2, -0.15) is 0 Å². The molecule has 0 radical (unpaired) electrons. The van der Waals surface area contributed by atoms with Crippen LogP contribution in [0.25, 0.3) is 0 Å². The van der Waals surface area contributed by atoms with Crippen molar-refractivity contribution in [3.63, 3.8) is 0 Å². The zero-order chi connectivity index (χ0) is 25.5. The van der Waals surface area contributed by atoms with Gasteiger partial charge in [-0.25, -0.2) is 0 Å². The van der Waals surface area contributed by atoms with Gasteiger partial charge in [-0.1, -0.05) is 69.7 Å². The number of nitrogens with zero attached hydrogens (tertiary/aromatic N) is 2. The largest absolute Gasteiger partial charge is 0.489 e. The Labute approximate surface area is 216 Å². The molecule has 6 heteroatoms. The Morgan fingerprint density at radius 3 is 2.33 bits per heavy atom. The van der Waals surface area contributed by atoms with Crippen molar-refractivity contribution >= 4 is 11.8 Å². The molecule has 0 aromatic heterocycles. The molecule has 36 heavy (non-hydrogen) atoms. The molecule has 0 aliphatic carbocycles. The van der Waals surface area contributed by atoms with E-state index in [9.17, 15) is 9.59 Å². The molecule has 1 N–H and O–H groups in total. The van der Waals surface area contributed by atoms with E-state index in [1.807, 2.05) is 35.2 Å². The number of nitrogens with one attached hydrogen (secondary N) is 1. The van der Waals surface area contributed by atoms with Gasteiger partial charge in [0.1, 0.15) is 23.9 Å². The van der Waals surface area contributed by atoms with Crippen molar-refractivity contribution in [3.05, 3.63) is 65.7 Å². The highest BCUT2D eigenvalue weighted by molar-refractivity contribution is 6.00. The first-order valence-electron chi connectivity index (χ1n) is 13.5. The lowest BCUT2D eigenvalue weighted by Gasteiger charge is -2.52. The molecule has 2 aromatic rings. The maximum absolute atomic E-state index is 13.4. The first-order chi connectivity index (χ1) is 17.4. The summed E-state index contributed by atoms with van der Waals surface area (Å²) in [4.78, 5) is 31.2. The Morgan fingerprint density at radius 2 is 1.69 bits per heavy atom. The van der Waals surface area contributed by atoms with Gasteiger partial charge in [0, 0.05) is 26.2 Å². The van der Waals surface area contributed by atoms with E-state index in [1.54, 1.807) is 0 Å². The van der Waals surface area contributed by atoms with Gasteiger partial charge in [-0.05, 0) is 54.9 Å². The van der Waals surface area contributed by atoms with E-state index in [0.717, 1.165) is 43.8 Å². The van der Waals surface area contributed by atoms with Crippen LogP contribution in [0.15, 0.2) is 54.6 Å². The molecule has 2 aliphatic heterocycles. The monoisotopic (exact) mass is 491 g/mol. The molecule has 4 rings (SSSR count). The highest BCUT2D eigenvalue weighted by atomic mass is 16.5. The van der Waals surface area contributed by atoms with Crippen LogP contribution in [0.4, 0.5) is 0 Å². The maximum Gasteiger partial charge on any atom is 0.246 e. The summed E-state index contributed by atoms with van der Waals surface area (Å²) in [7, 11) is 0. The highest BCUT2D eigenvalue weighted by Gasteiger charge is 2.53. The molecular weight excluding hydrogens is 450 g/mol. The number of hydrogen-bond donors (Lipinski definition) is 1. The van der Waals surface area contributed by atoms with Gasteiger partial charge in [-0.3, -0.25) is 14.5 Å². The summed E-state index contributed by atoms with van der Waals surface area (Å²) in [5.41, 5.74) is 1.67. The number of carbonyl (C=O) groups excluding carboxylic acids is 2. The van der Waals surface area contributed by atoms with Crippen LogP contribution >= 0.6 is 0 Å². The van der Waals surface area contributed by atoms with E-state index in [4.69, 9.17) is 4.74 Å². The van der Waals surface area contributed by atoms with Crippen molar-refractivity contribution in [2.45, 2.75) is 77.6 Å². The summed E-state index contributed by atoms with van der Waals surface area (Å²) in [6, 6.07) is 18.1. The Balaban J connectivity index is 1.35. The lowest BCUT2D eigenvalue weighted by molar-refractivity contribution is -0.161. The van der Waals surface area contributed by atoms with Crippen molar-refractivity contribution < 1.29 is 14.3 Å². The zero-order valence-corrected chi connectivity index (χ0v) is 22.0. The minimum Gasteiger partial charge on any atom is -0.489 e. The summed E-state index contributed by atoms with van der Waals surface area (Å²) in [5, 5.41) is 3.10. The third kappa shape index (κ3) is 6.09. The fourth-order valence-electron chi connectivity index (χ4n) is 5.42. The minimum atomic E-state index is -0.703.